The maximum atomic E-state index is 3.99. The molecule has 0 atom stereocenters. The quantitative estimate of drug-likeness (QED) is 0.291. The van der Waals surface area contributed by atoms with E-state index in [1.165, 1.54) is 0 Å². The van der Waals surface area contributed by atoms with Gasteiger partial charge in [-0.3, -0.25) is 5.43 Å². The van der Waals surface area contributed by atoms with E-state index >= 15 is 0 Å². The van der Waals surface area contributed by atoms with Gasteiger partial charge in [0.25, 0.3) is 0 Å². The first-order valence-electron chi connectivity index (χ1n) is 6.68. The first kappa shape index (κ1) is 17.8. The number of hydrogen-bond acceptors (Lipinski definition) is 2. The summed E-state index contributed by atoms with van der Waals surface area (Å²) >= 11 is 0. The van der Waals surface area contributed by atoms with E-state index in [-0.39, 0.29) is 17.1 Å². The average molecular weight is 328 g/mol. The fraction of sp³-hybridized carbons (Fsp3) is 0. The monoisotopic (exact) mass is 328 g/mol. The van der Waals surface area contributed by atoms with Crippen molar-refractivity contribution in [1.29, 1.82) is 0 Å². The van der Waals surface area contributed by atoms with E-state index in [2.05, 4.69) is 22.4 Å². The molecule has 0 spiro atoms. The first-order chi connectivity index (χ1) is 10.4. The Bertz CT molecular complexity index is 610. The zero-order valence-corrected chi connectivity index (χ0v) is 13.1. The molecule has 0 aromatic heterocycles. The number of nitrogens with one attached hydrogen (secondary N) is 1. The molecule has 3 heteroatoms. The molecule has 0 heterocycles. The number of para-hydroxylation sites is 1. The predicted molar refractivity (Wildman–Crippen MR) is 89.5 cm³/mol. The van der Waals surface area contributed by atoms with Gasteiger partial charge in [0.2, 0.25) is 0 Å². The third-order valence-corrected chi connectivity index (χ3v) is 2.53. The summed E-state index contributed by atoms with van der Waals surface area (Å²) in [5, 5.41) is 3.99. The number of benzene rings is 1. The summed E-state index contributed by atoms with van der Waals surface area (Å²) < 4.78 is 0. The standard InChI is InChI=1S/C14H11N2.C5H5.Fe/c1-2-10-14(11-3-1)16-15-12-6-9-13-7-4-5-8-13;1-2-4-5-3-1;/h1-5,7-8,10-12,16H;1-5H;/q2*-1;+2/b15-12-;;. The number of hydrazone groups is 1. The normalized spacial score (nSPS) is 11.5. The SMILES string of the molecule is C(#Cc1ccc[cH-]1)/C=N\Nc1ccccc1.[CH]1[CH][CH-]C=C1.[Fe+2]. The molecule has 0 amide bonds. The second-order valence-corrected chi connectivity index (χ2v) is 4.14. The van der Waals surface area contributed by atoms with Crippen LogP contribution in [0.4, 0.5) is 5.69 Å². The molecule has 2 radical (unpaired) electrons. The van der Waals surface area contributed by atoms with Gasteiger partial charge in [-0.2, -0.15) is 29.2 Å². The van der Waals surface area contributed by atoms with E-state index in [4.69, 9.17) is 0 Å². The molecule has 0 aliphatic heterocycles. The van der Waals surface area contributed by atoms with Gasteiger partial charge < -0.3 is 0 Å². The van der Waals surface area contributed by atoms with E-state index in [9.17, 15) is 0 Å². The van der Waals surface area contributed by atoms with Crippen LogP contribution in [0.2, 0.25) is 0 Å². The van der Waals surface area contributed by atoms with Gasteiger partial charge in [-0.25, -0.2) is 18.6 Å². The van der Waals surface area contributed by atoms with Gasteiger partial charge >= 0.3 is 17.1 Å². The van der Waals surface area contributed by atoms with Crippen molar-refractivity contribution in [1.82, 2.24) is 0 Å². The molecule has 1 aliphatic rings. The van der Waals surface area contributed by atoms with Crippen molar-refractivity contribution in [2.24, 2.45) is 5.10 Å². The van der Waals surface area contributed by atoms with Crippen molar-refractivity contribution in [3.63, 3.8) is 0 Å². The Balaban J connectivity index is 0.000000344. The summed E-state index contributed by atoms with van der Waals surface area (Å²) in [6.07, 6.45) is 11.6. The summed E-state index contributed by atoms with van der Waals surface area (Å²) in [6.45, 7) is 0. The molecule has 2 aromatic carbocycles. The minimum Gasteiger partial charge on any atom is -0.278 e. The van der Waals surface area contributed by atoms with Crippen molar-refractivity contribution >= 4 is 11.9 Å². The van der Waals surface area contributed by atoms with Crippen LogP contribution < -0.4 is 5.43 Å². The predicted octanol–water partition coefficient (Wildman–Crippen LogP) is 4.02. The molecule has 2 aromatic rings. The summed E-state index contributed by atoms with van der Waals surface area (Å²) in [6, 6.07) is 17.6. The van der Waals surface area contributed by atoms with Crippen LogP contribution in [0.5, 0.6) is 0 Å². The number of rotatable bonds is 2. The maximum absolute atomic E-state index is 3.99. The second-order valence-electron chi connectivity index (χ2n) is 4.14. The van der Waals surface area contributed by atoms with Crippen LogP contribution in [0.1, 0.15) is 5.56 Å². The molecule has 1 N–H and O–H groups in total. The van der Waals surface area contributed by atoms with Crippen LogP contribution in [0.3, 0.4) is 0 Å². The van der Waals surface area contributed by atoms with Crippen molar-refractivity contribution < 1.29 is 17.1 Å². The topological polar surface area (TPSA) is 24.4 Å². The zero-order chi connectivity index (χ0) is 14.6. The molecule has 0 unspecified atom stereocenters. The number of nitrogens with zero attached hydrogens (tertiary/aromatic N) is 1. The molecule has 1 aliphatic carbocycles. The summed E-state index contributed by atoms with van der Waals surface area (Å²) in [5.41, 5.74) is 4.85. The van der Waals surface area contributed by atoms with E-state index in [1.807, 2.05) is 86.0 Å². The van der Waals surface area contributed by atoms with Crippen molar-refractivity contribution in [2.45, 2.75) is 0 Å². The van der Waals surface area contributed by atoms with Gasteiger partial charge in [-0.15, -0.1) is 30.4 Å². The van der Waals surface area contributed by atoms with Crippen LogP contribution in [0.15, 0.2) is 71.9 Å². The molecule has 0 saturated carbocycles. The number of anilines is 1. The van der Waals surface area contributed by atoms with Gasteiger partial charge in [0.15, 0.2) is 0 Å². The molecule has 110 valence electrons. The molecular formula is C19H16FeN2. The van der Waals surface area contributed by atoms with Crippen molar-refractivity contribution in [3.8, 4) is 11.8 Å². The third-order valence-electron chi connectivity index (χ3n) is 2.53. The summed E-state index contributed by atoms with van der Waals surface area (Å²) in [5.74, 6) is 5.83. The zero-order valence-electron chi connectivity index (χ0n) is 12.0. The average Bonchev–Trinajstić information content (AvgIpc) is 3.24. The van der Waals surface area contributed by atoms with Crippen LogP contribution in [-0.4, -0.2) is 6.21 Å². The minimum absolute atomic E-state index is 0. The van der Waals surface area contributed by atoms with Crippen LogP contribution >= 0.6 is 0 Å². The Morgan fingerprint density at radius 3 is 2.55 bits per heavy atom. The summed E-state index contributed by atoms with van der Waals surface area (Å²) in [7, 11) is 0. The van der Waals surface area contributed by atoms with Crippen molar-refractivity contribution in [2.75, 3.05) is 5.43 Å². The Kier molecular flexibility index (Phi) is 9.21. The molecular weight excluding hydrogens is 312 g/mol. The fourth-order valence-corrected chi connectivity index (χ4v) is 1.55. The van der Waals surface area contributed by atoms with Gasteiger partial charge in [-0.1, -0.05) is 18.2 Å². The molecule has 22 heavy (non-hydrogen) atoms. The van der Waals surface area contributed by atoms with Crippen molar-refractivity contribution in [3.05, 3.63) is 91.6 Å². The molecule has 0 bridgehead atoms. The molecule has 3 rings (SSSR count). The van der Waals surface area contributed by atoms with Gasteiger partial charge in [0.1, 0.15) is 0 Å². The summed E-state index contributed by atoms with van der Waals surface area (Å²) in [4.78, 5) is 0. The van der Waals surface area contributed by atoms with Gasteiger partial charge in [0.05, 0.1) is 11.9 Å². The fourth-order valence-electron chi connectivity index (χ4n) is 1.55. The van der Waals surface area contributed by atoms with Crippen LogP contribution in [-0.2, 0) is 17.1 Å². The number of hydrogen-bond donors (Lipinski definition) is 1. The second kappa shape index (κ2) is 11.4. The Hall–Kier alpha value is -2.27. The third kappa shape index (κ3) is 7.50. The Labute approximate surface area is 143 Å². The Morgan fingerprint density at radius 2 is 1.95 bits per heavy atom. The largest absolute Gasteiger partial charge is 2.00 e. The van der Waals surface area contributed by atoms with E-state index in [0.717, 1.165) is 11.3 Å². The smallest absolute Gasteiger partial charge is 0.278 e. The molecule has 2 nitrogen and oxygen atoms in total. The van der Waals surface area contributed by atoms with E-state index in [0.29, 0.717) is 0 Å². The number of allylic oxidation sites excluding steroid dienone is 2. The van der Waals surface area contributed by atoms with Gasteiger partial charge in [0, 0.05) is 0 Å². The molecule has 0 saturated heterocycles. The van der Waals surface area contributed by atoms with E-state index in [1.54, 1.807) is 6.21 Å². The van der Waals surface area contributed by atoms with Gasteiger partial charge in [-0.05, 0) is 12.1 Å². The molecule has 0 fully saturated rings. The van der Waals surface area contributed by atoms with Crippen LogP contribution in [0.25, 0.3) is 0 Å². The van der Waals surface area contributed by atoms with Crippen LogP contribution in [0, 0.1) is 31.1 Å². The maximum Gasteiger partial charge on any atom is 2.00 e. The Morgan fingerprint density at radius 1 is 1.09 bits per heavy atom. The minimum atomic E-state index is 0. The van der Waals surface area contributed by atoms with E-state index < -0.39 is 0 Å². The first-order valence-corrected chi connectivity index (χ1v) is 6.68.